The second-order valence-electron chi connectivity index (χ2n) is 7.47. The van der Waals surface area contributed by atoms with Gasteiger partial charge in [0.2, 0.25) is 0 Å². The molecule has 0 aliphatic heterocycles. The molecule has 30 heavy (non-hydrogen) atoms. The normalized spacial score (nSPS) is 12.7. The van der Waals surface area contributed by atoms with Crippen molar-refractivity contribution in [2.24, 2.45) is 0 Å². The summed E-state index contributed by atoms with van der Waals surface area (Å²) in [7, 11) is 1.66. The van der Waals surface area contributed by atoms with Gasteiger partial charge in [0, 0.05) is 11.0 Å². The molecule has 0 spiro atoms. The fraction of sp³-hybridized carbons (Fsp3) is 0.231. The first-order valence-electron chi connectivity index (χ1n) is 9.95. The van der Waals surface area contributed by atoms with Crippen molar-refractivity contribution >= 4 is 11.8 Å². The molecule has 0 N–H and O–H groups in total. The van der Waals surface area contributed by atoms with Crippen LogP contribution in [0.5, 0.6) is 11.5 Å². The highest BCUT2D eigenvalue weighted by molar-refractivity contribution is 5.98. The van der Waals surface area contributed by atoms with E-state index in [1.807, 2.05) is 24.3 Å². The second-order valence-corrected chi connectivity index (χ2v) is 7.47. The summed E-state index contributed by atoms with van der Waals surface area (Å²) in [4.78, 5) is 24.0. The average molecular weight is 402 g/mol. The van der Waals surface area contributed by atoms with Crippen LogP contribution < -0.4 is 9.47 Å². The second kappa shape index (κ2) is 8.95. The van der Waals surface area contributed by atoms with Crippen molar-refractivity contribution in [3.05, 3.63) is 95.1 Å². The van der Waals surface area contributed by atoms with E-state index in [4.69, 9.17) is 9.47 Å². The average Bonchev–Trinajstić information content (AvgIpc) is 2.79. The quantitative estimate of drug-likeness (QED) is 0.283. The number of carbonyl (C=O) groups is 2. The number of benzene rings is 3. The molecular weight excluding hydrogens is 376 g/mol. The minimum absolute atomic E-state index is 0.0913. The van der Waals surface area contributed by atoms with Crippen molar-refractivity contribution in [3.63, 3.8) is 0 Å². The molecular formula is C26H26O4. The van der Waals surface area contributed by atoms with Gasteiger partial charge in [-0.3, -0.25) is 4.79 Å². The van der Waals surface area contributed by atoms with Crippen LogP contribution >= 0.6 is 0 Å². The highest BCUT2D eigenvalue weighted by atomic mass is 16.5. The molecule has 4 nitrogen and oxygen atoms in total. The Kier molecular flexibility index (Phi) is 6.36. The van der Waals surface area contributed by atoms with E-state index >= 15 is 0 Å². The van der Waals surface area contributed by atoms with Crippen LogP contribution in [0, 0.1) is 0 Å². The molecule has 154 valence electrons. The molecule has 0 fully saturated rings. The lowest BCUT2D eigenvalue weighted by Gasteiger charge is -2.30. The molecule has 3 aromatic rings. The van der Waals surface area contributed by atoms with E-state index in [0.717, 1.165) is 17.7 Å². The van der Waals surface area contributed by atoms with E-state index in [0.29, 0.717) is 16.9 Å². The topological polar surface area (TPSA) is 52.6 Å². The van der Waals surface area contributed by atoms with Crippen molar-refractivity contribution in [1.29, 1.82) is 0 Å². The first-order chi connectivity index (χ1) is 14.4. The van der Waals surface area contributed by atoms with Gasteiger partial charge < -0.3 is 9.47 Å². The van der Waals surface area contributed by atoms with Gasteiger partial charge >= 0.3 is 5.97 Å². The van der Waals surface area contributed by atoms with Gasteiger partial charge in [-0.05, 0) is 60.9 Å². The lowest BCUT2D eigenvalue weighted by molar-refractivity contribution is 0.0734. The zero-order valence-electron chi connectivity index (χ0n) is 17.8. The number of rotatable bonds is 7. The number of carbonyl (C=O) groups excluding carboxylic acids is 2. The molecule has 1 unspecified atom stereocenters. The van der Waals surface area contributed by atoms with Crippen LogP contribution in [0.4, 0.5) is 0 Å². The number of methoxy groups -OCH3 is 1. The van der Waals surface area contributed by atoms with E-state index in [-0.39, 0.29) is 11.2 Å². The minimum Gasteiger partial charge on any atom is -0.497 e. The van der Waals surface area contributed by atoms with Crippen molar-refractivity contribution in [2.45, 2.75) is 32.6 Å². The van der Waals surface area contributed by atoms with E-state index in [9.17, 15) is 9.59 Å². The van der Waals surface area contributed by atoms with Gasteiger partial charge in [-0.15, -0.1) is 0 Å². The maximum Gasteiger partial charge on any atom is 0.343 e. The Bertz CT molecular complexity index is 1040. The maximum atomic E-state index is 12.5. The van der Waals surface area contributed by atoms with Gasteiger partial charge in [-0.25, -0.2) is 4.79 Å². The summed E-state index contributed by atoms with van der Waals surface area (Å²) < 4.78 is 10.8. The van der Waals surface area contributed by atoms with Crippen molar-refractivity contribution in [2.75, 3.05) is 7.11 Å². The van der Waals surface area contributed by atoms with Crippen LogP contribution in [0.1, 0.15) is 59.0 Å². The summed E-state index contributed by atoms with van der Waals surface area (Å²) in [5, 5.41) is 0. The van der Waals surface area contributed by atoms with E-state index < -0.39 is 5.97 Å². The summed E-state index contributed by atoms with van der Waals surface area (Å²) >= 11 is 0. The van der Waals surface area contributed by atoms with Crippen LogP contribution in [0.2, 0.25) is 0 Å². The molecule has 4 heteroatoms. The first kappa shape index (κ1) is 21.3. The fourth-order valence-electron chi connectivity index (χ4n) is 3.46. The van der Waals surface area contributed by atoms with Crippen molar-refractivity contribution in [1.82, 2.24) is 0 Å². The van der Waals surface area contributed by atoms with E-state index in [2.05, 4.69) is 26.0 Å². The lowest BCUT2D eigenvalue weighted by Crippen LogP contribution is -2.22. The van der Waals surface area contributed by atoms with Gasteiger partial charge in [-0.2, -0.15) is 0 Å². The van der Waals surface area contributed by atoms with Crippen LogP contribution in [-0.2, 0) is 5.41 Å². The number of hydrogen-bond acceptors (Lipinski definition) is 4. The number of hydrogen-bond donors (Lipinski definition) is 0. The van der Waals surface area contributed by atoms with Gasteiger partial charge in [0.15, 0.2) is 5.78 Å². The lowest BCUT2D eigenvalue weighted by atomic mass is 9.74. The van der Waals surface area contributed by atoms with Gasteiger partial charge in [-0.1, -0.05) is 50.2 Å². The van der Waals surface area contributed by atoms with Crippen LogP contribution in [0.25, 0.3) is 0 Å². The molecule has 0 saturated carbocycles. The standard InChI is InChI=1S/C26H26O4/c1-5-26(3,21-9-13-23(29-4)14-10-21)22-11-15-24(16-12-22)30-25(28)20-8-6-7-19(17-20)18(2)27/h6-17H,5H2,1-4H3. The Morgan fingerprint density at radius 1 is 0.833 bits per heavy atom. The predicted octanol–water partition coefficient (Wildman–Crippen LogP) is 5.83. The van der Waals surface area contributed by atoms with Crippen molar-refractivity contribution < 1.29 is 19.1 Å². The van der Waals surface area contributed by atoms with Crippen LogP contribution in [0.3, 0.4) is 0 Å². The Morgan fingerprint density at radius 2 is 1.37 bits per heavy atom. The maximum absolute atomic E-state index is 12.5. The first-order valence-corrected chi connectivity index (χ1v) is 9.95. The third kappa shape index (κ3) is 4.43. The van der Waals surface area contributed by atoms with Gasteiger partial charge in [0.25, 0.3) is 0 Å². The largest absolute Gasteiger partial charge is 0.497 e. The number of ether oxygens (including phenoxy) is 2. The third-order valence-electron chi connectivity index (χ3n) is 5.64. The van der Waals surface area contributed by atoms with E-state index in [1.54, 1.807) is 43.5 Å². The molecule has 0 heterocycles. The molecule has 3 rings (SSSR count). The number of Topliss-reactive ketones (excluding diaryl/α,β-unsaturated/α-hetero) is 1. The third-order valence-corrected chi connectivity index (χ3v) is 5.64. The summed E-state index contributed by atoms with van der Waals surface area (Å²) in [5.41, 5.74) is 2.98. The number of ketones is 1. The highest BCUT2D eigenvalue weighted by Crippen LogP contribution is 2.36. The molecule has 0 aliphatic rings. The zero-order chi connectivity index (χ0) is 21.7. The Morgan fingerprint density at radius 3 is 1.87 bits per heavy atom. The predicted molar refractivity (Wildman–Crippen MR) is 118 cm³/mol. The summed E-state index contributed by atoms with van der Waals surface area (Å²) in [6.07, 6.45) is 0.913. The minimum atomic E-state index is -0.487. The molecule has 0 bridgehead atoms. The van der Waals surface area contributed by atoms with Gasteiger partial charge in [0.05, 0.1) is 12.7 Å². The monoisotopic (exact) mass is 402 g/mol. The molecule has 0 saturated heterocycles. The van der Waals surface area contributed by atoms with Crippen molar-refractivity contribution in [3.8, 4) is 11.5 Å². The highest BCUT2D eigenvalue weighted by Gasteiger charge is 2.27. The Hall–Kier alpha value is -3.40. The molecule has 0 radical (unpaired) electrons. The SMILES string of the molecule is CCC(C)(c1ccc(OC)cc1)c1ccc(OC(=O)c2cccc(C(C)=O)c2)cc1. The number of esters is 1. The zero-order valence-corrected chi connectivity index (χ0v) is 17.8. The van der Waals surface area contributed by atoms with E-state index in [1.165, 1.54) is 12.5 Å². The summed E-state index contributed by atoms with van der Waals surface area (Å²) in [6.45, 7) is 5.82. The summed E-state index contributed by atoms with van der Waals surface area (Å²) in [6, 6.07) is 22.2. The Balaban J connectivity index is 1.80. The molecule has 0 amide bonds. The van der Waals surface area contributed by atoms with Crippen LogP contribution in [0.15, 0.2) is 72.8 Å². The molecule has 0 aliphatic carbocycles. The van der Waals surface area contributed by atoms with Gasteiger partial charge in [0.1, 0.15) is 11.5 Å². The molecule has 0 aromatic heterocycles. The van der Waals surface area contributed by atoms with Crippen LogP contribution in [-0.4, -0.2) is 18.9 Å². The smallest absolute Gasteiger partial charge is 0.343 e. The fourth-order valence-corrected chi connectivity index (χ4v) is 3.46. The summed E-state index contributed by atoms with van der Waals surface area (Å²) in [5.74, 6) is 0.712. The molecule has 1 atom stereocenters. The Labute approximate surface area is 177 Å². The molecule has 3 aromatic carbocycles.